The summed E-state index contributed by atoms with van der Waals surface area (Å²) in [6.07, 6.45) is 12.9. The number of ketones is 1. The summed E-state index contributed by atoms with van der Waals surface area (Å²) in [7, 11) is 0. The number of hydrogen-bond acceptors (Lipinski definition) is 1. The van der Waals surface area contributed by atoms with Crippen molar-refractivity contribution in [1.29, 1.82) is 0 Å². The lowest BCUT2D eigenvalue weighted by atomic mass is 9.47. The van der Waals surface area contributed by atoms with Gasteiger partial charge in [-0.1, -0.05) is 44.9 Å². The zero-order valence-electron chi connectivity index (χ0n) is 15.7. The number of hydrogen-bond donors (Lipinski definition) is 0. The largest absolute Gasteiger partial charge is 0.295 e. The zero-order chi connectivity index (χ0) is 16.8. The van der Waals surface area contributed by atoms with Crippen LogP contribution in [0, 0.1) is 28.6 Å². The van der Waals surface area contributed by atoms with Crippen LogP contribution < -0.4 is 0 Å². The Hall–Kier alpha value is -0.850. The highest BCUT2D eigenvalue weighted by atomic mass is 16.1. The molecule has 1 nitrogen and oxygen atoms in total. The lowest BCUT2D eigenvalue weighted by Gasteiger charge is -2.57. The molecule has 4 aliphatic rings. The summed E-state index contributed by atoms with van der Waals surface area (Å²) in [6, 6.07) is 0. The van der Waals surface area contributed by atoms with Gasteiger partial charge in [0.25, 0.3) is 0 Å². The summed E-state index contributed by atoms with van der Waals surface area (Å²) < 4.78 is 0. The van der Waals surface area contributed by atoms with E-state index in [1.54, 1.807) is 5.57 Å². The molecule has 23 heavy (non-hydrogen) atoms. The summed E-state index contributed by atoms with van der Waals surface area (Å²) in [4.78, 5) is 11.8. The summed E-state index contributed by atoms with van der Waals surface area (Å²) in [5.41, 5.74) is 3.94. The predicted molar refractivity (Wildman–Crippen MR) is 97.2 cm³/mol. The van der Waals surface area contributed by atoms with Gasteiger partial charge in [0.15, 0.2) is 5.78 Å². The van der Waals surface area contributed by atoms with E-state index in [1.165, 1.54) is 37.7 Å². The Labute approximate surface area is 142 Å². The molecular formula is C22H34O. The van der Waals surface area contributed by atoms with Crippen LogP contribution in [-0.2, 0) is 4.79 Å². The second kappa shape index (κ2) is 5.90. The summed E-state index contributed by atoms with van der Waals surface area (Å²) in [6.45, 7) is 11.3. The van der Waals surface area contributed by atoms with Crippen molar-refractivity contribution in [2.45, 2.75) is 79.6 Å². The van der Waals surface area contributed by atoms with Crippen LogP contribution in [0.1, 0.15) is 79.6 Å². The average Bonchev–Trinajstić information content (AvgIpc) is 2.86. The van der Waals surface area contributed by atoms with Gasteiger partial charge in [0.05, 0.1) is 0 Å². The highest BCUT2D eigenvalue weighted by molar-refractivity contribution is 5.91. The molecule has 0 aromatic rings. The lowest BCUT2D eigenvalue weighted by molar-refractivity contribution is -0.117. The maximum absolute atomic E-state index is 11.8. The van der Waals surface area contributed by atoms with Gasteiger partial charge in [-0.2, -0.15) is 0 Å². The molecule has 1 heteroatoms. The van der Waals surface area contributed by atoms with Crippen molar-refractivity contribution in [2.75, 3.05) is 0 Å². The average molecular weight is 315 g/mol. The van der Waals surface area contributed by atoms with E-state index in [-0.39, 0.29) is 0 Å². The fraction of sp³-hybridized carbons (Fsp3) is 0.773. The van der Waals surface area contributed by atoms with Gasteiger partial charge in [-0.05, 0) is 80.1 Å². The second-order valence-electron chi connectivity index (χ2n) is 8.55. The van der Waals surface area contributed by atoms with E-state index in [4.69, 9.17) is 0 Å². The molecule has 0 radical (unpaired) electrons. The van der Waals surface area contributed by atoms with E-state index in [0.29, 0.717) is 16.6 Å². The minimum atomic E-state index is 0.328. The van der Waals surface area contributed by atoms with Crippen LogP contribution in [-0.4, -0.2) is 5.78 Å². The van der Waals surface area contributed by atoms with Crippen molar-refractivity contribution < 1.29 is 4.79 Å². The SMILES string of the molecule is CC.CC1=CCC2C3CCC4=CC(=O)CCC4(C)C3CCC12C. The van der Waals surface area contributed by atoms with Crippen LogP contribution in [0.25, 0.3) is 0 Å². The lowest BCUT2D eigenvalue weighted by Crippen LogP contribution is -2.49. The van der Waals surface area contributed by atoms with Gasteiger partial charge in [0, 0.05) is 6.42 Å². The highest BCUT2D eigenvalue weighted by Gasteiger charge is 2.56. The van der Waals surface area contributed by atoms with Crippen LogP contribution in [0.4, 0.5) is 0 Å². The summed E-state index contributed by atoms with van der Waals surface area (Å²) in [5, 5.41) is 0. The van der Waals surface area contributed by atoms with Crippen molar-refractivity contribution in [2.24, 2.45) is 28.6 Å². The molecule has 0 aromatic heterocycles. The van der Waals surface area contributed by atoms with E-state index in [2.05, 4.69) is 26.8 Å². The Morgan fingerprint density at radius 3 is 2.48 bits per heavy atom. The molecule has 0 N–H and O–H groups in total. The third-order valence-electron chi connectivity index (χ3n) is 7.93. The fourth-order valence-electron chi connectivity index (χ4n) is 6.34. The first-order chi connectivity index (χ1) is 10.9. The molecule has 4 aliphatic carbocycles. The van der Waals surface area contributed by atoms with Crippen molar-refractivity contribution in [3.05, 3.63) is 23.3 Å². The van der Waals surface area contributed by atoms with E-state index in [9.17, 15) is 4.79 Å². The van der Waals surface area contributed by atoms with Gasteiger partial charge in [0.2, 0.25) is 0 Å². The standard InChI is InChI=1S/C20H28O.C2H6/c1-13-4-7-17-16-6-5-14-12-15(21)8-10-20(14,3)18(16)9-11-19(13,17)2;1-2/h4,12,16-18H,5-11H2,1-3H3;1-2H3. The Kier molecular flexibility index (Phi) is 4.36. The molecule has 0 saturated heterocycles. The van der Waals surface area contributed by atoms with Gasteiger partial charge in [-0.15, -0.1) is 0 Å². The maximum Gasteiger partial charge on any atom is 0.155 e. The minimum Gasteiger partial charge on any atom is -0.295 e. The molecular weight excluding hydrogens is 280 g/mol. The zero-order valence-corrected chi connectivity index (χ0v) is 15.7. The van der Waals surface area contributed by atoms with Crippen LogP contribution in [0.3, 0.4) is 0 Å². The topological polar surface area (TPSA) is 17.1 Å². The molecule has 4 rings (SSSR count). The Balaban J connectivity index is 0.000000753. The number of fused-ring (bicyclic) bond motifs is 5. The number of carbonyl (C=O) groups excluding carboxylic acids is 1. The number of carbonyl (C=O) groups is 1. The monoisotopic (exact) mass is 314 g/mol. The quantitative estimate of drug-likeness (QED) is 0.494. The normalized spacial score (nSPS) is 44.9. The molecule has 0 heterocycles. The molecule has 5 atom stereocenters. The smallest absolute Gasteiger partial charge is 0.155 e. The molecule has 128 valence electrons. The van der Waals surface area contributed by atoms with Crippen LogP contribution >= 0.6 is 0 Å². The molecule has 0 aromatic carbocycles. The molecule has 0 spiro atoms. The number of rotatable bonds is 0. The van der Waals surface area contributed by atoms with E-state index >= 15 is 0 Å². The highest BCUT2D eigenvalue weighted by Crippen LogP contribution is 2.65. The first kappa shape index (κ1) is 17.0. The molecule has 0 bridgehead atoms. The molecule has 0 aliphatic heterocycles. The van der Waals surface area contributed by atoms with Crippen molar-refractivity contribution >= 4 is 5.78 Å². The number of allylic oxidation sites excluding steroid dienone is 4. The molecule has 2 saturated carbocycles. The van der Waals surface area contributed by atoms with Gasteiger partial charge >= 0.3 is 0 Å². The van der Waals surface area contributed by atoms with Crippen molar-refractivity contribution in [1.82, 2.24) is 0 Å². The van der Waals surface area contributed by atoms with Crippen LogP contribution in [0.5, 0.6) is 0 Å². The predicted octanol–water partition coefficient (Wildman–Crippen LogP) is 6.10. The van der Waals surface area contributed by atoms with Gasteiger partial charge in [-0.3, -0.25) is 4.79 Å². The summed E-state index contributed by atoms with van der Waals surface area (Å²) >= 11 is 0. The first-order valence-corrected chi connectivity index (χ1v) is 9.86. The van der Waals surface area contributed by atoms with Gasteiger partial charge in [-0.25, -0.2) is 0 Å². The van der Waals surface area contributed by atoms with Gasteiger partial charge in [0.1, 0.15) is 0 Å². The Morgan fingerprint density at radius 2 is 1.74 bits per heavy atom. The van der Waals surface area contributed by atoms with Crippen molar-refractivity contribution in [3.8, 4) is 0 Å². The third kappa shape index (κ3) is 2.37. The molecule has 0 amide bonds. The van der Waals surface area contributed by atoms with Crippen LogP contribution in [0.2, 0.25) is 0 Å². The molecule has 2 fully saturated rings. The van der Waals surface area contributed by atoms with E-state index in [1.807, 2.05) is 19.9 Å². The van der Waals surface area contributed by atoms with E-state index < -0.39 is 0 Å². The third-order valence-corrected chi connectivity index (χ3v) is 7.93. The summed E-state index contributed by atoms with van der Waals surface area (Å²) in [5.74, 6) is 2.95. The van der Waals surface area contributed by atoms with E-state index in [0.717, 1.165) is 30.6 Å². The Bertz CT molecular complexity index is 554. The Morgan fingerprint density at radius 1 is 1.00 bits per heavy atom. The second-order valence-corrected chi connectivity index (χ2v) is 8.55. The van der Waals surface area contributed by atoms with Crippen molar-refractivity contribution in [3.63, 3.8) is 0 Å². The fourth-order valence-corrected chi connectivity index (χ4v) is 6.34. The first-order valence-electron chi connectivity index (χ1n) is 9.86. The minimum absolute atomic E-state index is 0.328. The van der Waals surface area contributed by atoms with Gasteiger partial charge < -0.3 is 0 Å². The molecule has 5 unspecified atom stereocenters. The maximum atomic E-state index is 11.8. The van der Waals surface area contributed by atoms with Crippen LogP contribution in [0.15, 0.2) is 23.3 Å².